The molecule has 1 rings (SSSR count). The van der Waals surface area contributed by atoms with Gasteiger partial charge in [-0.3, -0.25) is 4.79 Å². The summed E-state index contributed by atoms with van der Waals surface area (Å²) in [4.78, 5) is 24.7. The van der Waals surface area contributed by atoms with Crippen molar-refractivity contribution in [2.45, 2.75) is 52.6 Å². The molecule has 0 heterocycles. The molecule has 1 aromatic rings. The van der Waals surface area contributed by atoms with Crippen LogP contribution in [0.25, 0.3) is 0 Å². The standard InChI is InChI=1S/C19H29NO5/c1-6-11-19(4,23-5)18(22)20-14-9-10-16(25-12-7-2)15(13-14)17(21)24-8-3/h9-10,13H,6-8,11-12H2,1-5H3,(H,20,22). The molecule has 0 saturated heterocycles. The number of benzene rings is 1. The zero-order valence-corrected chi connectivity index (χ0v) is 15.8. The Labute approximate surface area is 149 Å². The average molecular weight is 351 g/mol. The molecule has 0 aliphatic heterocycles. The molecule has 1 unspecified atom stereocenters. The van der Waals surface area contributed by atoms with Crippen molar-refractivity contribution in [2.75, 3.05) is 25.6 Å². The van der Waals surface area contributed by atoms with Crippen LogP contribution in [0.3, 0.4) is 0 Å². The molecule has 0 aliphatic carbocycles. The second-order valence-corrected chi connectivity index (χ2v) is 5.92. The van der Waals surface area contributed by atoms with Gasteiger partial charge in [-0.15, -0.1) is 0 Å². The summed E-state index contributed by atoms with van der Waals surface area (Å²) < 4.78 is 16.1. The number of esters is 1. The highest BCUT2D eigenvalue weighted by atomic mass is 16.5. The van der Waals surface area contributed by atoms with Gasteiger partial charge < -0.3 is 19.5 Å². The van der Waals surface area contributed by atoms with Crippen LogP contribution in [0.4, 0.5) is 5.69 Å². The minimum absolute atomic E-state index is 0.256. The van der Waals surface area contributed by atoms with Gasteiger partial charge in [0.25, 0.3) is 5.91 Å². The summed E-state index contributed by atoms with van der Waals surface area (Å²) in [5.41, 5.74) is -0.130. The fourth-order valence-corrected chi connectivity index (χ4v) is 2.36. The van der Waals surface area contributed by atoms with E-state index in [0.29, 0.717) is 30.0 Å². The Bertz CT molecular complexity index is 587. The Balaban J connectivity index is 3.06. The first-order valence-corrected chi connectivity index (χ1v) is 8.72. The van der Waals surface area contributed by atoms with E-state index in [9.17, 15) is 9.59 Å². The molecule has 1 amide bonds. The third-order valence-electron chi connectivity index (χ3n) is 3.85. The van der Waals surface area contributed by atoms with Gasteiger partial charge in [-0.25, -0.2) is 4.79 Å². The number of ether oxygens (including phenoxy) is 3. The molecular formula is C19H29NO5. The minimum atomic E-state index is -0.920. The minimum Gasteiger partial charge on any atom is -0.493 e. The Morgan fingerprint density at radius 2 is 1.88 bits per heavy atom. The van der Waals surface area contributed by atoms with E-state index in [2.05, 4.69) is 5.32 Å². The summed E-state index contributed by atoms with van der Waals surface area (Å²) in [5, 5.41) is 2.81. The topological polar surface area (TPSA) is 73.9 Å². The Hall–Kier alpha value is -2.08. The van der Waals surface area contributed by atoms with Gasteiger partial charge >= 0.3 is 5.97 Å². The van der Waals surface area contributed by atoms with Gasteiger partial charge in [-0.05, 0) is 44.9 Å². The van der Waals surface area contributed by atoms with E-state index < -0.39 is 11.6 Å². The molecule has 6 heteroatoms. The maximum Gasteiger partial charge on any atom is 0.341 e. The molecule has 0 aliphatic rings. The molecular weight excluding hydrogens is 322 g/mol. The number of methoxy groups -OCH3 is 1. The largest absolute Gasteiger partial charge is 0.493 e. The lowest BCUT2D eigenvalue weighted by Gasteiger charge is -2.26. The van der Waals surface area contributed by atoms with Crippen LogP contribution in [0.1, 0.15) is 57.3 Å². The maximum atomic E-state index is 12.5. The van der Waals surface area contributed by atoms with Crippen LogP contribution in [0.5, 0.6) is 5.75 Å². The number of amides is 1. The van der Waals surface area contributed by atoms with E-state index in [1.165, 1.54) is 7.11 Å². The highest BCUT2D eigenvalue weighted by Crippen LogP contribution is 2.26. The lowest BCUT2D eigenvalue weighted by atomic mass is 9.99. The summed E-state index contributed by atoms with van der Waals surface area (Å²) in [6.45, 7) is 8.22. The van der Waals surface area contributed by atoms with Crippen LogP contribution < -0.4 is 10.1 Å². The van der Waals surface area contributed by atoms with E-state index in [1.54, 1.807) is 32.0 Å². The van der Waals surface area contributed by atoms with Crippen LogP contribution >= 0.6 is 0 Å². The van der Waals surface area contributed by atoms with E-state index in [1.807, 2.05) is 13.8 Å². The van der Waals surface area contributed by atoms with Gasteiger partial charge in [0.15, 0.2) is 0 Å². The van der Waals surface area contributed by atoms with Crippen molar-refractivity contribution in [1.82, 2.24) is 0 Å². The first-order valence-electron chi connectivity index (χ1n) is 8.72. The van der Waals surface area contributed by atoms with Crippen molar-refractivity contribution in [3.8, 4) is 5.75 Å². The van der Waals surface area contributed by atoms with Gasteiger partial charge in [0, 0.05) is 12.8 Å². The van der Waals surface area contributed by atoms with E-state index in [4.69, 9.17) is 14.2 Å². The lowest BCUT2D eigenvalue weighted by molar-refractivity contribution is -0.136. The van der Waals surface area contributed by atoms with Gasteiger partial charge in [-0.2, -0.15) is 0 Å². The molecule has 0 bridgehead atoms. The van der Waals surface area contributed by atoms with Crippen LogP contribution in [0.15, 0.2) is 18.2 Å². The zero-order valence-electron chi connectivity index (χ0n) is 15.8. The summed E-state index contributed by atoms with van der Waals surface area (Å²) in [5.74, 6) is -0.289. The summed E-state index contributed by atoms with van der Waals surface area (Å²) in [6, 6.07) is 4.94. The predicted molar refractivity (Wildman–Crippen MR) is 97.1 cm³/mol. The van der Waals surface area contributed by atoms with E-state index in [-0.39, 0.29) is 12.5 Å². The zero-order chi connectivity index (χ0) is 18.9. The van der Waals surface area contributed by atoms with Crippen LogP contribution in [-0.4, -0.2) is 37.8 Å². The van der Waals surface area contributed by atoms with Gasteiger partial charge in [0.05, 0.1) is 13.2 Å². The number of carbonyl (C=O) groups excluding carboxylic acids is 2. The second kappa shape index (κ2) is 10.0. The summed E-state index contributed by atoms with van der Waals surface area (Å²) in [6.07, 6.45) is 2.23. The molecule has 0 spiro atoms. The number of hydrogen-bond acceptors (Lipinski definition) is 5. The van der Waals surface area contributed by atoms with Gasteiger partial charge in [0.1, 0.15) is 16.9 Å². The molecule has 0 fully saturated rings. The Kier molecular flexibility index (Phi) is 8.41. The number of nitrogens with one attached hydrogen (secondary N) is 1. The van der Waals surface area contributed by atoms with Crippen LogP contribution in [0, 0.1) is 0 Å². The molecule has 0 radical (unpaired) electrons. The summed E-state index contributed by atoms with van der Waals surface area (Å²) in [7, 11) is 1.51. The smallest absolute Gasteiger partial charge is 0.341 e. The SMILES string of the molecule is CCCOc1ccc(NC(=O)C(C)(CCC)OC)cc1C(=O)OCC. The van der Waals surface area contributed by atoms with E-state index in [0.717, 1.165) is 12.8 Å². The molecule has 0 aromatic heterocycles. The number of hydrogen-bond donors (Lipinski definition) is 1. The first-order chi connectivity index (χ1) is 11.9. The van der Waals surface area contributed by atoms with Crippen molar-refractivity contribution in [2.24, 2.45) is 0 Å². The predicted octanol–water partition coefficient (Wildman–Crippen LogP) is 3.80. The fraction of sp³-hybridized carbons (Fsp3) is 0.579. The molecule has 1 N–H and O–H groups in total. The highest BCUT2D eigenvalue weighted by molar-refractivity contribution is 5.99. The van der Waals surface area contributed by atoms with Crippen molar-refractivity contribution < 1.29 is 23.8 Å². The van der Waals surface area contributed by atoms with Crippen molar-refractivity contribution in [1.29, 1.82) is 0 Å². The van der Waals surface area contributed by atoms with E-state index >= 15 is 0 Å². The maximum absolute atomic E-state index is 12.5. The lowest BCUT2D eigenvalue weighted by Crippen LogP contribution is -2.41. The van der Waals surface area contributed by atoms with Crippen molar-refractivity contribution >= 4 is 17.6 Å². The number of carbonyl (C=O) groups is 2. The molecule has 25 heavy (non-hydrogen) atoms. The first kappa shape index (κ1) is 21.0. The number of anilines is 1. The van der Waals surface area contributed by atoms with Crippen molar-refractivity contribution in [3.05, 3.63) is 23.8 Å². The third-order valence-corrected chi connectivity index (χ3v) is 3.85. The summed E-state index contributed by atoms with van der Waals surface area (Å²) >= 11 is 0. The Morgan fingerprint density at radius 1 is 1.16 bits per heavy atom. The molecule has 1 atom stereocenters. The molecule has 1 aromatic carbocycles. The Morgan fingerprint density at radius 3 is 2.44 bits per heavy atom. The van der Waals surface area contributed by atoms with Crippen LogP contribution in [-0.2, 0) is 14.3 Å². The van der Waals surface area contributed by atoms with Crippen molar-refractivity contribution in [3.63, 3.8) is 0 Å². The molecule has 6 nitrogen and oxygen atoms in total. The highest BCUT2D eigenvalue weighted by Gasteiger charge is 2.32. The van der Waals surface area contributed by atoms with Crippen LogP contribution in [0.2, 0.25) is 0 Å². The third kappa shape index (κ3) is 5.74. The second-order valence-electron chi connectivity index (χ2n) is 5.92. The molecule has 0 saturated carbocycles. The monoisotopic (exact) mass is 351 g/mol. The van der Waals surface area contributed by atoms with Gasteiger partial charge in [-0.1, -0.05) is 20.3 Å². The fourth-order valence-electron chi connectivity index (χ4n) is 2.36. The van der Waals surface area contributed by atoms with Gasteiger partial charge in [0.2, 0.25) is 0 Å². The number of rotatable bonds is 10. The quantitative estimate of drug-likeness (QED) is 0.649. The molecule has 140 valence electrons. The normalized spacial score (nSPS) is 13.0. The average Bonchev–Trinajstić information content (AvgIpc) is 2.60.